The predicted octanol–water partition coefficient (Wildman–Crippen LogP) is 2.58. The van der Waals surface area contributed by atoms with Crippen LogP contribution >= 0.6 is 0 Å². The molecule has 3 heteroatoms. The fourth-order valence-corrected chi connectivity index (χ4v) is 2.77. The first-order valence-corrected chi connectivity index (χ1v) is 6.41. The van der Waals surface area contributed by atoms with E-state index in [9.17, 15) is 0 Å². The number of nitrogens with zero attached hydrogens (tertiary/aromatic N) is 2. The highest BCUT2D eigenvalue weighted by Crippen LogP contribution is 2.24. The van der Waals surface area contributed by atoms with E-state index >= 15 is 0 Å². The minimum atomic E-state index is 0.573. The first-order chi connectivity index (χ1) is 8.24. The number of aromatic nitrogens is 2. The zero-order valence-electron chi connectivity index (χ0n) is 10.5. The first kappa shape index (κ1) is 10.8. The summed E-state index contributed by atoms with van der Waals surface area (Å²) < 4.78 is 2.18. The number of hydrogen-bond donors (Lipinski definition) is 1. The van der Waals surface area contributed by atoms with Crippen LogP contribution in [0, 0.1) is 13.8 Å². The summed E-state index contributed by atoms with van der Waals surface area (Å²) in [6.45, 7) is 6.52. The molecule has 17 heavy (non-hydrogen) atoms. The molecular formula is C14H19N3. The number of benzene rings is 1. The fraction of sp³-hybridized carbons (Fsp3) is 0.500. The minimum Gasteiger partial charge on any atom is -0.317 e. The molecule has 3 rings (SSSR count). The van der Waals surface area contributed by atoms with Gasteiger partial charge in [0.2, 0.25) is 0 Å². The molecule has 0 amide bonds. The molecule has 1 fully saturated rings. The van der Waals surface area contributed by atoms with Crippen molar-refractivity contribution in [3.8, 4) is 0 Å². The van der Waals surface area contributed by atoms with Crippen molar-refractivity contribution in [1.29, 1.82) is 0 Å². The molecule has 0 aliphatic carbocycles. The summed E-state index contributed by atoms with van der Waals surface area (Å²) in [5.74, 6) is 0. The van der Waals surface area contributed by atoms with Crippen LogP contribution in [0.5, 0.6) is 0 Å². The van der Waals surface area contributed by atoms with E-state index < -0.39 is 0 Å². The minimum absolute atomic E-state index is 0.573. The van der Waals surface area contributed by atoms with Crippen molar-refractivity contribution in [1.82, 2.24) is 15.1 Å². The summed E-state index contributed by atoms with van der Waals surface area (Å²) in [7, 11) is 0. The zero-order valence-corrected chi connectivity index (χ0v) is 10.5. The maximum absolute atomic E-state index is 4.77. The molecule has 1 aromatic carbocycles. The van der Waals surface area contributed by atoms with E-state index in [1.807, 2.05) is 0 Å². The molecule has 1 N–H and O–H groups in total. The van der Waals surface area contributed by atoms with Crippen molar-refractivity contribution in [3.05, 3.63) is 29.5 Å². The standard InChI is InChI=1S/C14H19N3/c1-10-7-11(2)14-12(8-10)9-17(16-14)13-3-5-15-6-4-13/h7-9,13,15H,3-6H2,1-2H3. The van der Waals surface area contributed by atoms with E-state index in [4.69, 9.17) is 5.10 Å². The molecule has 0 unspecified atom stereocenters. The van der Waals surface area contributed by atoms with Crippen LogP contribution in [0.2, 0.25) is 0 Å². The van der Waals surface area contributed by atoms with Crippen molar-refractivity contribution in [2.45, 2.75) is 32.7 Å². The topological polar surface area (TPSA) is 29.9 Å². The van der Waals surface area contributed by atoms with E-state index in [1.54, 1.807) is 0 Å². The second kappa shape index (κ2) is 4.15. The maximum Gasteiger partial charge on any atom is 0.0952 e. The van der Waals surface area contributed by atoms with E-state index in [2.05, 4.69) is 42.2 Å². The summed E-state index contributed by atoms with van der Waals surface area (Å²) in [5, 5.41) is 9.44. The summed E-state index contributed by atoms with van der Waals surface area (Å²) in [6, 6.07) is 5.01. The summed E-state index contributed by atoms with van der Waals surface area (Å²) in [6.07, 6.45) is 4.59. The lowest BCUT2D eigenvalue weighted by Crippen LogP contribution is -2.29. The van der Waals surface area contributed by atoms with Gasteiger partial charge in [-0.05, 0) is 51.4 Å². The van der Waals surface area contributed by atoms with Crippen molar-refractivity contribution >= 4 is 10.9 Å². The molecular weight excluding hydrogens is 210 g/mol. The van der Waals surface area contributed by atoms with E-state index in [1.165, 1.54) is 29.4 Å². The molecule has 0 saturated carbocycles. The number of nitrogens with one attached hydrogen (secondary N) is 1. The summed E-state index contributed by atoms with van der Waals surface area (Å²) in [5.41, 5.74) is 3.77. The molecule has 0 spiro atoms. The normalized spacial score (nSPS) is 17.8. The lowest BCUT2D eigenvalue weighted by atomic mass is 10.1. The van der Waals surface area contributed by atoms with Gasteiger partial charge < -0.3 is 5.32 Å². The van der Waals surface area contributed by atoms with Gasteiger partial charge in [-0.3, -0.25) is 4.68 Å². The highest BCUT2D eigenvalue weighted by Gasteiger charge is 2.16. The highest BCUT2D eigenvalue weighted by atomic mass is 15.3. The second-order valence-corrected chi connectivity index (χ2v) is 5.11. The van der Waals surface area contributed by atoms with Crippen molar-refractivity contribution in [2.24, 2.45) is 0 Å². The second-order valence-electron chi connectivity index (χ2n) is 5.11. The number of fused-ring (bicyclic) bond motifs is 1. The number of aryl methyl sites for hydroxylation is 2. The first-order valence-electron chi connectivity index (χ1n) is 6.41. The maximum atomic E-state index is 4.77. The Morgan fingerprint density at radius 1 is 1.24 bits per heavy atom. The summed E-state index contributed by atoms with van der Waals surface area (Å²) in [4.78, 5) is 0. The third kappa shape index (κ3) is 1.95. The van der Waals surface area contributed by atoms with Crippen LogP contribution in [0.4, 0.5) is 0 Å². The summed E-state index contributed by atoms with van der Waals surface area (Å²) >= 11 is 0. The molecule has 2 aromatic rings. The van der Waals surface area contributed by atoms with Crippen LogP contribution in [0.25, 0.3) is 10.9 Å². The van der Waals surface area contributed by atoms with Crippen LogP contribution in [0.15, 0.2) is 18.3 Å². The third-order valence-corrected chi connectivity index (χ3v) is 3.64. The van der Waals surface area contributed by atoms with Gasteiger partial charge in [0.1, 0.15) is 0 Å². The van der Waals surface area contributed by atoms with Gasteiger partial charge in [-0.2, -0.15) is 5.10 Å². The van der Waals surface area contributed by atoms with Crippen molar-refractivity contribution in [3.63, 3.8) is 0 Å². The molecule has 1 saturated heterocycles. The monoisotopic (exact) mass is 229 g/mol. The SMILES string of the molecule is Cc1cc(C)c2nn(C3CCNCC3)cc2c1. The van der Waals surface area contributed by atoms with Crippen LogP contribution < -0.4 is 5.32 Å². The van der Waals surface area contributed by atoms with Crippen molar-refractivity contribution < 1.29 is 0 Å². The van der Waals surface area contributed by atoms with E-state index in [-0.39, 0.29) is 0 Å². The quantitative estimate of drug-likeness (QED) is 0.814. The molecule has 0 radical (unpaired) electrons. The Kier molecular flexibility index (Phi) is 2.63. The van der Waals surface area contributed by atoms with Crippen LogP contribution in [-0.4, -0.2) is 22.9 Å². The van der Waals surface area contributed by atoms with E-state index in [0.717, 1.165) is 18.6 Å². The number of piperidine rings is 1. The Balaban J connectivity index is 2.03. The highest BCUT2D eigenvalue weighted by molar-refractivity contribution is 5.82. The van der Waals surface area contributed by atoms with Gasteiger partial charge in [-0.15, -0.1) is 0 Å². The van der Waals surface area contributed by atoms with Crippen LogP contribution in [0.1, 0.15) is 30.0 Å². The molecule has 90 valence electrons. The number of rotatable bonds is 1. The Morgan fingerprint density at radius 2 is 2.00 bits per heavy atom. The zero-order chi connectivity index (χ0) is 11.8. The molecule has 2 heterocycles. The van der Waals surface area contributed by atoms with Gasteiger partial charge in [0, 0.05) is 11.6 Å². The molecule has 0 atom stereocenters. The van der Waals surface area contributed by atoms with Crippen LogP contribution in [-0.2, 0) is 0 Å². The smallest absolute Gasteiger partial charge is 0.0952 e. The average Bonchev–Trinajstić information content (AvgIpc) is 2.74. The molecule has 1 aliphatic rings. The van der Waals surface area contributed by atoms with Gasteiger partial charge in [-0.25, -0.2) is 0 Å². The lowest BCUT2D eigenvalue weighted by molar-refractivity contribution is 0.345. The van der Waals surface area contributed by atoms with Gasteiger partial charge in [0.05, 0.1) is 11.6 Å². The third-order valence-electron chi connectivity index (χ3n) is 3.64. The Hall–Kier alpha value is -1.35. The largest absolute Gasteiger partial charge is 0.317 e. The Labute approximate surface area is 102 Å². The van der Waals surface area contributed by atoms with Gasteiger partial charge in [0.25, 0.3) is 0 Å². The Bertz CT molecular complexity index is 536. The van der Waals surface area contributed by atoms with Crippen LogP contribution in [0.3, 0.4) is 0 Å². The molecule has 1 aromatic heterocycles. The van der Waals surface area contributed by atoms with Gasteiger partial charge >= 0.3 is 0 Å². The van der Waals surface area contributed by atoms with Crippen molar-refractivity contribution in [2.75, 3.05) is 13.1 Å². The molecule has 0 bridgehead atoms. The lowest BCUT2D eigenvalue weighted by Gasteiger charge is -2.22. The Morgan fingerprint density at radius 3 is 2.76 bits per heavy atom. The van der Waals surface area contributed by atoms with Gasteiger partial charge in [-0.1, -0.05) is 11.6 Å². The molecule has 3 nitrogen and oxygen atoms in total. The molecule has 1 aliphatic heterocycles. The fourth-order valence-electron chi connectivity index (χ4n) is 2.77. The number of hydrogen-bond acceptors (Lipinski definition) is 2. The average molecular weight is 229 g/mol. The van der Waals surface area contributed by atoms with E-state index in [0.29, 0.717) is 6.04 Å². The van der Waals surface area contributed by atoms with Gasteiger partial charge in [0.15, 0.2) is 0 Å². The predicted molar refractivity (Wildman–Crippen MR) is 70.3 cm³/mol.